The zero-order chi connectivity index (χ0) is 15.4. The number of hydrogen-bond acceptors (Lipinski definition) is 5. The average molecular weight is 319 g/mol. The van der Waals surface area contributed by atoms with Crippen molar-refractivity contribution < 1.29 is 9.53 Å². The molecule has 3 rings (SSSR count). The molecule has 0 unspecified atom stereocenters. The van der Waals surface area contributed by atoms with Crippen molar-refractivity contribution in [3.8, 4) is 0 Å². The smallest absolute Gasteiger partial charge is 0.256 e. The summed E-state index contributed by atoms with van der Waals surface area (Å²) in [7, 11) is 0. The van der Waals surface area contributed by atoms with Gasteiger partial charge in [-0.3, -0.25) is 4.79 Å². The Bertz CT molecular complexity index is 657. The molecule has 7 heteroatoms. The van der Waals surface area contributed by atoms with Gasteiger partial charge in [0, 0.05) is 24.8 Å². The van der Waals surface area contributed by atoms with Crippen LogP contribution in [0.15, 0.2) is 36.7 Å². The highest BCUT2D eigenvalue weighted by Crippen LogP contribution is 2.17. The second-order valence-corrected chi connectivity index (χ2v) is 5.21. The van der Waals surface area contributed by atoms with Crippen molar-refractivity contribution in [3.63, 3.8) is 0 Å². The minimum absolute atomic E-state index is 0.268. The van der Waals surface area contributed by atoms with Gasteiger partial charge < -0.3 is 15.0 Å². The SMILES string of the molecule is O=C(Nc1ccc(N2CCOCC2)cn1)c1ccnc(Cl)c1. The van der Waals surface area contributed by atoms with Gasteiger partial charge in [-0.1, -0.05) is 11.6 Å². The first-order valence-electron chi connectivity index (χ1n) is 6.94. The maximum atomic E-state index is 12.1. The van der Waals surface area contributed by atoms with Gasteiger partial charge in [0.2, 0.25) is 0 Å². The third-order valence-electron chi connectivity index (χ3n) is 3.35. The predicted octanol–water partition coefficient (Wildman–Crippen LogP) is 2.22. The topological polar surface area (TPSA) is 67.4 Å². The van der Waals surface area contributed by atoms with Crippen LogP contribution in [-0.2, 0) is 4.74 Å². The summed E-state index contributed by atoms with van der Waals surface area (Å²) >= 11 is 5.78. The van der Waals surface area contributed by atoms with Crippen LogP contribution in [0.1, 0.15) is 10.4 Å². The molecule has 6 nitrogen and oxygen atoms in total. The van der Waals surface area contributed by atoms with Gasteiger partial charge in [-0.15, -0.1) is 0 Å². The Balaban J connectivity index is 1.66. The first-order valence-corrected chi connectivity index (χ1v) is 7.32. The fourth-order valence-corrected chi connectivity index (χ4v) is 2.37. The van der Waals surface area contributed by atoms with Crippen molar-refractivity contribution >= 4 is 29.0 Å². The molecule has 1 amide bonds. The lowest BCUT2D eigenvalue weighted by Crippen LogP contribution is -2.36. The molecule has 3 heterocycles. The van der Waals surface area contributed by atoms with E-state index in [0.717, 1.165) is 32.0 Å². The summed E-state index contributed by atoms with van der Waals surface area (Å²) in [5, 5.41) is 3.02. The van der Waals surface area contributed by atoms with E-state index < -0.39 is 0 Å². The highest BCUT2D eigenvalue weighted by atomic mass is 35.5. The summed E-state index contributed by atoms with van der Waals surface area (Å²) in [5.41, 5.74) is 1.47. The highest BCUT2D eigenvalue weighted by molar-refractivity contribution is 6.29. The minimum atomic E-state index is -0.268. The van der Waals surface area contributed by atoms with Crippen LogP contribution in [0.2, 0.25) is 5.15 Å². The molecule has 1 saturated heterocycles. The number of nitrogens with one attached hydrogen (secondary N) is 1. The van der Waals surface area contributed by atoms with Crippen LogP contribution >= 0.6 is 11.6 Å². The van der Waals surface area contributed by atoms with E-state index in [0.29, 0.717) is 11.4 Å². The Kier molecular flexibility index (Phi) is 4.50. The maximum absolute atomic E-state index is 12.1. The van der Waals surface area contributed by atoms with Gasteiger partial charge in [0.05, 0.1) is 25.1 Å². The Morgan fingerprint density at radius 2 is 2.05 bits per heavy atom. The average Bonchev–Trinajstić information content (AvgIpc) is 2.56. The van der Waals surface area contributed by atoms with Gasteiger partial charge in [0.15, 0.2) is 0 Å². The standard InChI is InChI=1S/C15H15ClN4O2/c16-13-9-11(3-4-17-13)15(21)19-14-2-1-12(10-18-14)20-5-7-22-8-6-20/h1-4,9-10H,5-8H2,(H,18,19,21). The van der Waals surface area contributed by atoms with Gasteiger partial charge in [-0.05, 0) is 24.3 Å². The van der Waals surface area contributed by atoms with Crippen molar-refractivity contribution in [3.05, 3.63) is 47.4 Å². The molecule has 1 fully saturated rings. The molecule has 1 aliphatic rings. The van der Waals surface area contributed by atoms with Gasteiger partial charge in [0.25, 0.3) is 5.91 Å². The molecule has 0 aliphatic carbocycles. The number of morpholine rings is 1. The largest absolute Gasteiger partial charge is 0.378 e. The summed E-state index contributed by atoms with van der Waals surface area (Å²) in [5.74, 6) is 0.228. The van der Waals surface area contributed by atoms with E-state index in [1.807, 2.05) is 6.07 Å². The van der Waals surface area contributed by atoms with Crippen LogP contribution in [-0.4, -0.2) is 42.2 Å². The summed E-state index contributed by atoms with van der Waals surface area (Å²) in [6.45, 7) is 3.15. The van der Waals surface area contributed by atoms with Crippen molar-refractivity contribution in [1.29, 1.82) is 0 Å². The lowest BCUT2D eigenvalue weighted by molar-refractivity contribution is 0.102. The number of pyridine rings is 2. The monoisotopic (exact) mass is 318 g/mol. The molecule has 0 radical (unpaired) electrons. The van der Waals surface area contributed by atoms with Crippen LogP contribution in [0.5, 0.6) is 0 Å². The summed E-state index contributed by atoms with van der Waals surface area (Å²) in [6, 6.07) is 6.83. The molecule has 0 saturated carbocycles. The molecule has 0 spiro atoms. The number of hydrogen-bond donors (Lipinski definition) is 1. The number of nitrogens with zero attached hydrogens (tertiary/aromatic N) is 3. The van der Waals surface area contributed by atoms with Crippen molar-refractivity contribution in [2.24, 2.45) is 0 Å². The molecular weight excluding hydrogens is 304 g/mol. The van der Waals surface area contributed by atoms with Crippen LogP contribution in [0.4, 0.5) is 11.5 Å². The van der Waals surface area contributed by atoms with E-state index in [2.05, 4.69) is 20.2 Å². The normalized spacial score (nSPS) is 14.7. The first-order chi connectivity index (χ1) is 10.7. The summed E-state index contributed by atoms with van der Waals surface area (Å²) < 4.78 is 5.32. The number of aromatic nitrogens is 2. The fraction of sp³-hybridized carbons (Fsp3) is 0.267. The number of halogens is 1. The molecular formula is C15H15ClN4O2. The van der Waals surface area contributed by atoms with E-state index >= 15 is 0 Å². The summed E-state index contributed by atoms with van der Waals surface area (Å²) in [4.78, 5) is 22.4. The fourth-order valence-electron chi connectivity index (χ4n) is 2.20. The number of carbonyl (C=O) groups is 1. The molecule has 2 aromatic heterocycles. The second-order valence-electron chi connectivity index (χ2n) is 4.82. The predicted molar refractivity (Wildman–Crippen MR) is 84.5 cm³/mol. The third kappa shape index (κ3) is 3.52. The van der Waals surface area contributed by atoms with Gasteiger partial charge >= 0.3 is 0 Å². The van der Waals surface area contributed by atoms with E-state index in [1.165, 1.54) is 12.3 Å². The van der Waals surface area contributed by atoms with Crippen molar-refractivity contribution in [1.82, 2.24) is 9.97 Å². The van der Waals surface area contributed by atoms with Gasteiger partial charge in [0.1, 0.15) is 11.0 Å². The van der Waals surface area contributed by atoms with Crippen LogP contribution in [0, 0.1) is 0 Å². The molecule has 22 heavy (non-hydrogen) atoms. The third-order valence-corrected chi connectivity index (χ3v) is 3.56. The molecule has 114 valence electrons. The molecule has 1 aliphatic heterocycles. The zero-order valence-corrected chi connectivity index (χ0v) is 12.6. The number of ether oxygens (including phenoxy) is 1. The highest BCUT2D eigenvalue weighted by Gasteiger charge is 2.12. The molecule has 0 atom stereocenters. The van der Waals surface area contributed by atoms with Crippen molar-refractivity contribution in [2.45, 2.75) is 0 Å². The number of carbonyl (C=O) groups excluding carboxylic acids is 1. The van der Waals surface area contributed by atoms with E-state index in [1.54, 1.807) is 18.3 Å². The van der Waals surface area contributed by atoms with Gasteiger partial charge in [-0.25, -0.2) is 9.97 Å². The Morgan fingerprint density at radius 1 is 1.23 bits per heavy atom. The summed E-state index contributed by atoms with van der Waals surface area (Å²) in [6.07, 6.45) is 3.24. The number of amides is 1. The second kappa shape index (κ2) is 6.72. The van der Waals surface area contributed by atoms with Crippen LogP contribution in [0.25, 0.3) is 0 Å². The molecule has 1 N–H and O–H groups in total. The van der Waals surface area contributed by atoms with E-state index in [4.69, 9.17) is 16.3 Å². The zero-order valence-electron chi connectivity index (χ0n) is 11.8. The van der Waals surface area contributed by atoms with Crippen LogP contribution in [0.3, 0.4) is 0 Å². The van der Waals surface area contributed by atoms with E-state index in [-0.39, 0.29) is 11.1 Å². The van der Waals surface area contributed by atoms with Gasteiger partial charge in [-0.2, -0.15) is 0 Å². The lowest BCUT2D eigenvalue weighted by Gasteiger charge is -2.28. The number of rotatable bonds is 3. The number of anilines is 2. The molecule has 0 bridgehead atoms. The Labute approximate surface area is 133 Å². The first kappa shape index (κ1) is 14.7. The Morgan fingerprint density at radius 3 is 2.73 bits per heavy atom. The van der Waals surface area contributed by atoms with Crippen molar-refractivity contribution in [2.75, 3.05) is 36.5 Å². The quantitative estimate of drug-likeness (QED) is 0.879. The molecule has 2 aromatic rings. The molecule has 0 aromatic carbocycles. The van der Waals surface area contributed by atoms with E-state index in [9.17, 15) is 4.79 Å². The minimum Gasteiger partial charge on any atom is -0.378 e. The lowest BCUT2D eigenvalue weighted by atomic mass is 10.2. The van der Waals surface area contributed by atoms with Crippen LogP contribution < -0.4 is 10.2 Å². The Hall–Kier alpha value is -2.18. The maximum Gasteiger partial charge on any atom is 0.256 e.